The zero-order valence-electron chi connectivity index (χ0n) is 8.31. The fraction of sp³-hybridized carbons (Fsp3) is 0.200. The third-order valence-electron chi connectivity index (χ3n) is 2.18. The van der Waals surface area contributed by atoms with Gasteiger partial charge in [-0.2, -0.15) is 9.90 Å². The van der Waals surface area contributed by atoms with Gasteiger partial charge in [-0.3, -0.25) is 0 Å². The van der Waals surface area contributed by atoms with Gasteiger partial charge in [0.2, 0.25) is 0 Å². The van der Waals surface area contributed by atoms with Gasteiger partial charge in [0.05, 0.1) is 12.7 Å². The van der Waals surface area contributed by atoms with E-state index >= 15 is 0 Å². The van der Waals surface area contributed by atoms with E-state index in [1.165, 1.54) is 11.1 Å². The highest BCUT2D eigenvalue weighted by molar-refractivity contribution is 9.10. The molecule has 0 saturated carbocycles. The van der Waals surface area contributed by atoms with E-state index < -0.39 is 0 Å². The number of benzene rings is 1. The molecule has 2 rings (SSSR count). The monoisotopic (exact) mass is 266 g/mol. The maximum Gasteiger partial charge on any atom is 0.165 e. The topological polar surface area (TPSA) is 56.7 Å². The van der Waals surface area contributed by atoms with Crippen molar-refractivity contribution in [3.8, 4) is 0 Å². The van der Waals surface area contributed by atoms with E-state index in [0.717, 1.165) is 4.47 Å². The lowest BCUT2D eigenvalue weighted by atomic mass is 10.1. The number of hydrogen-bond acceptors (Lipinski definition) is 3. The van der Waals surface area contributed by atoms with Gasteiger partial charge < -0.3 is 5.73 Å². The number of aryl methyl sites for hydroxylation is 1. The first-order valence-corrected chi connectivity index (χ1v) is 5.35. The van der Waals surface area contributed by atoms with E-state index in [-0.39, 0.29) is 0 Å². The summed E-state index contributed by atoms with van der Waals surface area (Å²) < 4.78 is 1.06. The molecule has 2 aromatic rings. The minimum absolute atomic E-state index is 0.447. The van der Waals surface area contributed by atoms with Crippen molar-refractivity contribution in [3.63, 3.8) is 0 Å². The first-order valence-electron chi connectivity index (χ1n) is 4.56. The molecule has 0 aliphatic heterocycles. The van der Waals surface area contributed by atoms with Crippen LogP contribution in [0.1, 0.15) is 11.1 Å². The quantitative estimate of drug-likeness (QED) is 0.905. The highest BCUT2D eigenvalue weighted by atomic mass is 79.9. The third-order valence-corrected chi connectivity index (χ3v) is 2.67. The standard InChI is InChI=1S/C10H11BrN4/c1-7-2-3-9(11)4-8(7)6-15-13-5-10(12)14-15/h2-5H,6H2,1H3,(H2,12,14). The number of rotatable bonds is 2. The lowest BCUT2D eigenvalue weighted by Crippen LogP contribution is -2.05. The Morgan fingerprint density at radius 1 is 1.47 bits per heavy atom. The molecule has 5 heteroatoms. The van der Waals surface area contributed by atoms with E-state index in [4.69, 9.17) is 5.73 Å². The van der Waals surface area contributed by atoms with E-state index in [1.807, 2.05) is 6.07 Å². The lowest BCUT2D eigenvalue weighted by molar-refractivity contribution is 0.591. The van der Waals surface area contributed by atoms with Crippen molar-refractivity contribution in [2.75, 3.05) is 5.73 Å². The predicted octanol–water partition coefficient (Wildman–Crippen LogP) is 1.98. The Balaban J connectivity index is 2.27. The number of nitrogen functional groups attached to an aromatic ring is 1. The van der Waals surface area contributed by atoms with Crippen molar-refractivity contribution >= 4 is 21.7 Å². The summed E-state index contributed by atoms with van der Waals surface area (Å²) >= 11 is 3.44. The van der Waals surface area contributed by atoms with Gasteiger partial charge in [0.1, 0.15) is 0 Å². The molecule has 0 atom stereocenters. The van der Waals surface area contributed by atoms with Gasteiger partial charge >= 0.3 is 0 Å². The van der Waals surface area contributed by atoms with Gasteiger partial charge in [0.15, 0.2) is 5.82 Å². The van der Waals surface area contributed by atoms with Crippen molar-refractivity contribution in [3.05, 3.63) is 40.0 Å². The van der Waals surface area contributed by atoms with Crippen molar-refractivity contribution in [1.29, 1.82) is 0 Å². The van der Waals surface area contributed by atoms with Gasteiger partial charge in [0.25, 0.3) is 0 Å². The summed E-state index contributed by atoms with van der Waals surface area (Å²) in [6, 6.07) is 6.14. The number of anilines is 1. The minimum Gasteiger partial charge on any atom is -0.381 e. The normalized spacial score (nSPS) is 10.5. The maximum atomic E-state index is 5.50. The number of hydrogen-bond donors (Lipinski definition) is 1. The molecule has 2 N–H and O–H groups in total. The average molecular weight is 267 g/mol. The van der Waals surface area contributed by atoms with Gasteiger partial charge in [-0.1, -0.05) is 22.0 Å². The maximum absolute atomic E-state index is 5.50. The second-order valence-corrected chi connectivity index (χ2v) is 4.29. The van der Waals surface area contributed by atoms with Gasteiger partial charge in [-0.15, -0.1) is 5.10 Å². The van der Waals surface area contributed by atoms with Crippen LogP contribution in [0.4, 0.5) is 5.82 Å². The summed E-state index contributed by atoms with van der Waals surface area (Å²) in [5, 5.41) is 8.09. The Bertz CT molecular complexity index is 478. The summed E-state index contributed by atoms with van der Waals surface area (Å²) in [4.78, 5) is 1.59. The molecule has 0 bridgehead atoms. The molecule has 1 aromatic carbocycles. The summed E-state index contributed by atoms with van der Waals surface area (Å²) in [6.07, 6.45) is 1.55. The third kappa shape index (κ3) is 2.36. The fourth-order valence-corrected chi connectivity index (χ4v) is 1.76. The molecule has 1 aromatic heterocycles. The van der Waals surface area contributed by atoms with Crippen molar-refractivity contribution in [2.24, 2.45) is 0 Å². The van der Waals surface area contributed by atoms with Crippen LogP contribution in [-0.4, -0.2) is 15.0 Å². The molecule has 15 heavy (non-hydrogen) atoms. The van der Waals surface area contributed by atoms with Crippen molar-refractivity contribution < 1.29 is 0 Å². The van der Waals surface area contributed by atoms with Gasteiger partial charge in [-0.05, 0) is 30.2 Å². The van der Waals surface area contributed by atoms with E-state index in [2.05, 4.69) is 45.2 Å². The van der Waals surface area contributed by atoms with Crippen LogP contribution >= 0.6 is 15.9 Å². The van der Waals surface area contributed by atoms with Crippen LogP contribution in [-0.2, 0) is 6.54 Å². The molecule has 4 nitrogen and oxygen atoms in total. The summed E-state index contributed by atoms with van der Waals surface area (Å²) in [6.45, 7) is 2.71. The average Bonchev–Trinajstić information content (AvgIpc) is 2.58. The number of nitrogens with two attached hydrogens (primary N) is 1. The molecular weight excluding hydrogens is 256 g/mol. The van der Waals surface area contributed by atoms with Crippen LogP contribution in [0.3, 0.4) is 0 Å². The highest BCUT2D eigenvalue weighted by Gasteiger charge is 2.02. The number of nitrogens with zero attached hydrogens (tertiary/aromatic N) is 3. The molecule has 0 unspecified atom stereocenters. The van der Waals surface area contributed by atoms with Crippen LogP contribution < -0.4 is 5.73 Å². The summed E-state index contributed by atoms with van der Waals surface area (Å²) in [5.74, 6) is 0.447. The van der Waals surface area contributed by atoms with Crippen LogP contribution in [0.2, 0.25) is 0 Å². The molecule has 0 fully saturated rings. The van der Waals surface area contributed by atoms with Crippen LogP contribution in [0.5, 0.6) is 0 Å². The molecule has 1 heterocycles. The molecule has 0 aliphatic carbocycles. The van der Waals surface area contributed by atoms with E-state index in [9.17, 15) is 0 Å². The second-order valence-electron chi connectivity index (χ2n) is 3.37. The van der Waals surface area contributed by atoms with E-state index in [0.29, 0.717) is 12.4 Å². The molecule has 0 radical (unpaired) electrons. The predicted molar refractivity (Wildman–Crippen MR) is 62.4 cm³/mol. The van der Waals surface area contributed by atoms with Crippen molar-refractivity contribution in [2.45, 2.75) is 13.5 Å². The van der Waals surface area contributed by atoms with Crippen molar-refractivity contribution in [1.82, 2.24) is 15.0 Å². The Labute approximate surface area is 96.2 Å². The minimum atomic E-state index is 0.447. The summed E-state index contributed by atoms with van der Waals surface area (Å²) in [5.41, 5.74) is 7.89. The fourth-order valence-electron chi connectivity index (χ4n) is 1.35. The number of aromatic nitrogens is 3. The molecule has 0 amide bonds. The largest absolute Gasteiger partial charge is 0.381 e. The Morgan fingerprint density at radius 3 is 2.93 bits per heavy atom. The van der Waals surface area contributed by atoms with Crippen LogP contribution in [0.15, 0.2) is 28.9 Å². The first kappa shape index (κ1) is 10.2. The van der Waals surface area contributed by atoms with E-state index in [1.54, 1.807) is 11.0 Å². The Kier molecular flexibility index (Phi) is 2.73. The van der Waals surface area contributed by atoms with Gasteiger partial charge in [-0.25, -0.2) is 0 Å². The molecule has 0 spiro atoms. The zero-order valence-corrected chi connectivity index (χ0v) is 9.90. The smallest absolute Gasteiger partial charge is 0.165 e. The Hall–Kier alpha value is -1.36. The highest BCUT2D eigenvalue weighted by Crippen LogP contribution is 2.16. The Morgan fingerprint density at radius 2 is 2.27 bits per heavy atom. The SMILES string of the molecule is Cc1ccc(Br)cc1Cn1ncc(N)n1. The molecule has 0 aliphatic rings. The zero-order chi connectivity index (χ0) is 10.8. The van der Waals surface area contributed by atoms with Crippen LogP contribution in [0, 0.1) is 6.92 Å². The number of halogens is 1. The second kappa shape index (κ2) is 4.02. The first-order chi connectivity index (χ1) is 7.15. The lowest BCUT2D eigenvalue weighted by Gasteiger charge is -2.05. The molecule has 78 valence electrons. The molecular formula is C10H11BrN4. The van der Waals surface area contributed by atoms with Crippen LogP contribution in [0.25, 0.3) is 0 Å². The van der Waals surface area contributed by atoms with Gasteiger partial charge in [0, 0.05) is 4.47 Å². The summed E-state index contributed by atoms with van der Waals surface area (Å²) in [7, 11) is 0. The molecule has 0 saturated heterocycles.